The number of rotatable bonds is 5. The second-order valence-corrected chi connectivity index (χ2v) is 8.50. The lowest BCUT2D eigenvalue weighted by molar-refractivity contribution is 0.0736. The highest BCUT2D eigenvalue weighted by atomic mass is 32.2. The summed E-state index contributed by atoms with van der Waals surface area (Å²) >= 11 is 0. The van der Waals surface area contributed by atoms with Crippen LogP contribution in [0.4, 0.5) is 5.69 Å². The summed E-state index contributed by atoms with van der Waals surface area (Å²) in [5, 5.41) is 0. The molecule has 0 saturated heterocycles. The Hall–Kier alpha value is -2.34. The minimum absolute atomic E-state index is 0.154. The lowest BCUT2D eigenvalue weighted by Gasteiger charge is -2.25. The summed E-state index contributed by atoms with van der Waals surface area (Å²) in [4.78, 5) is 14.8. The van der Waals surface area contributed by atoms with E-state index in [0.717, 1.165) is 31.2 Å². The zero-order valence-electron chi connectivity index (χ0n) is 15.1. The summed E-state index contributed by atoms with van der Waals surface area (Å²) in [5.41, 5.74) is 1.67. The van der Waals surface area contributed by atoms with Crippen molar-refractivity contribution in [2.45, 2.75) is 43.5 Å². The van der Waals surface area contributed by atoms with Crippen molar-refractivity contribution in [1.29, 1.82) is 0 Å². The van der Waals surface area contributed by atoms with E-state index in [1.165, 1.54) is 0 Å². The molecule has 0 atom stereocenters. The molecule has 0 spiro atoms. The molecule has 2 aromatic carbocycles. The minimum atomic E-state index is -3.75. The average Bonchev–Trinajstić information content (AvgIpc) is 3.15. The number of aryl methyl sites for hydroxylation is 1. The van der Waals surface area contributed by atoms with Crippen LogP contribution in [0.25, 0.3) is 0 Å². The molecule has 2 aromatic rings. The number of para-hydroxylation sites is 1. The Labute approximate surface area is 155 Å². The van der Waals surface area contributed by atoms with Crippen LogP contribution < -0.4 is 4.72 Å². The van der Waals surface area contributed by atoms with Gasteiger partial charge in [-0.05, 0) is 44.0 Å². The van der Waals surface area contributed by atoms with Gasteiger partial charge in [0.2, 0.25) is 0 Å². The maximum absolute atomic E-state index is 12.9. The Morgan fingerprint density at radius 1 is 1.04 bits per heavy atom. The zero-order valence-corrected chi connectivity index (χ0v) is 15.9. The molecule has 0 aliphatic heterocycles. The van der Waals surface area contributed by atoms with Gasteiger partial charge in [0, 0.05) is 13.1 Å². The molecule has 0 aromatic heterocycles. The fourth-order valence-corrected chi connectivity index (χ4v) is 4.41. The van der Waals surface area contributed by atoms with E-state index in [-0.39, 0.29) is 16.8 Å². The minimum Gasteiger partial charge on any atom is -0.339 e. The fourth-order valence-electron chi connectivity index (χ4n) is 3.33. The summed E-state index contributed by atoms with van der Waals surface area (Å²) < 4.78 is 27.9. The smallest absolute Gasteiger partial charge is 0.261 e. The van der Waals surface area contributed by atoms with E-state index in [1.807, 2.05) is 6.92 Å². The number of carbonyl (C=O) groups is 1. The van der Waals surface area contributed by atoms with Crippen LogP contribution in [-0.2, 0) is 10.0 Å². The number of carbonyl (C=O) groups excluding carboxylic acids is 1. The number of hydrogen-bond acceptors (Lipinski definition) is 3. The van der Waals surface area contributed by atoms with E-state index < -0.39 is 10.0 Å². The molecule has 0 unspecified atom stereocenters. The van der Waals surface area contributed by atoms with Gasteiger partial charge in [0.15, 0.2) is 0 Å². The van der Waals surface area contributed by atoms with Crippen LogP contribution in [0.2, 0.25) is 0 Å². The molecule has 1 fully saturated rings. The van der Waals surface area contributed by atoms with Gasteiger partial charge in [-0.15, -0.1) is 0 Å². The molecule has 0 heterocycles. The number of benzene rings is 2. The quantitative estimate of drug-likeness (QED) is 0.868. The summed E-state index contributed by atoms with van der Waals surface area (Å²) in [6.07, 6.45) is 4.26. The van der Waals surface area contributed by atoms with E-state index in [4.69, 9.17) is 0 Å². The second-order valence-electron chi connectivity index (χ2n) is 6.82. The first kappa shape index (κ1) is 18.5. The van der Waals surface area contributed by atoms with E-state index in [1.54, 1.807) is 60.5 Å². The largest absolute Gasteiger partial charge is 0.339 e. The zero-order chi connectivity index (χ0) is 18.7. The summed E-state index contributed by atoms with van der Waals surface area (Å²) in [6, 6.07) is 13.6. The van der Waals surface area contributed by atoms with Crippen molar-refractivity contribution in [3.8, 4) is 0 Å². The number of hydrogen-bond donors (Lipinski definition) is 1. The van der Waals surface area contributed by atoms with Gasteiger partial charge in [-0.1, -0.05) is 42.7 Å². The lowest BCUT2D eigenvalue weighted by atomic mass is 10.1. The molecule has 0 bridgehead atoms. The summed E-state index contributed by atoms with van der Waals surface area (Å²) in [6.45, 7) is 1.90. The number of sulfonamides is 1. The number of nitrogens with one attached hydrogen (secondary N) is 1. The third kappa shape index (κ3) is 3.90. The molecule has 1 aliphatic carbocycles. The van der Waals surface area contributed by atoms with E-state index in [0.29, 0.717) is 11.3 Å². The molecule has 1 aliphatic rings. The lowest BCUT2D eigenvalue weighted by Crippen LogP contribution is -2.35. The van der Waals surface area contributed by atoms with Gasteiger partial charge in [-0.3, -0.25) is 9.52 Å². The van der Waals surface area contributed by atoms with Crippen LogP contribution in [-0.4, -0.2) is 32.3 Å². The Balaban J connectivity index is 1.87. The van der Waals surface area contributed by atoms with Crippen LogP contribution in [0.5, 0.6) is 0 Å². The maximum Gasteiger partial charge on any atom is 0.261 e. The first-order valence-electron chi connectivity index (χ1n) is 8.84. The van der Waals surface area contributed by atoms with Crippen molar-refractivity contribution in [3.63, 3.8) is 0 Å². The molecule has 1 N–H and O–H groups in total. The molecule has 138 valence electrons. The van der Waals surface area contributed by atoms with Crippen molar-refractivity contribution in [1.82, 2.24) is 4.90 Å². The highest BCUT2D eigenvalue weighted by Gasteiger charge is 2.26. The third-order valence-corrected chi connectivity index (χ3v) is 6.31. The SMILES string of the molecule is Cc1ccc(S(=O)(=O)Nc2ccccc2C(=O)N(C)C2CCCC2)cc1. The van der Waals surface area contributed by atoms with Crippen molar-refractivity contribution in [2.24, 2.45) is 0 Å². The second kappa shape index (κ2) is 7.50. The van der Waals surface area contributed by atoms with Crippen LogP contribution in [0.15, 0.2) is 53.4 Å². The molecule has 0 radical (unpaired) electrons. The highest BCUT2D eigenvalue weighted by molar-refractivity contribution is 7.92. The highest BCUT2D eigenvalue weighted by Crippen LogP contribution is 2.26. The standard InChI is InChI=1S/C20H24N2O3S/c1-15-11-13-17(14-12-15)26(24,25)21-19-10-6-5-9-18(19)20(23)22(2)16-7-3-4-8-16/h5-6,9-14,16,21H,3-4,7-8H2,1-2H3. The molecular formula is C20H24N2O3S. The normalized spacial score (nSPS) is 15.0. The molecule has 6 heteroatoms. The Bertz CT molecular complexity index is 886. The van der Waals surface area contributed by atoms with Gasteiger partial charge >= 0.3 is 0 Å². The van der Waals surface area contributed by atoms with Gasteiger partial charge in [0.05, 0.1) is 16.1 Å². The monoisotopic (exact) mass is 372 g/mol. The van der Waals surface area contributed by atoms with E-state index >= 15 is 0 Å². The van der Waals surface area contributed by atoms with Crippen molar-refractivity contribution in [3.05, 3.63) is 59.7 Å². The van der Waals surface area contributed by atoms with Crippen LogP contribution in [0.3, 0.4) is 0 Å². The molecule has 1 amide bonds. The van der Waals surface area contributed by atoms with E-state index in [2.05, 4.69) is 4.72 Å². The van der Waals surface area contributed by atoms with Gasteiger partial charge < -0.3 is 4.90 Å². The Morgan fingerprint density at radius 3 is 2.31 bits per heavy atom. The molecular weight excluding hydrogens is 348 g/mol. The van der Waals surface area contributed by atoms with Gasteiger partial charge in [-0.2, -0.15) is 0 Å². The van der Waals surface area contributed by atoms with Crippen molar-refractivity contribution in [2.75, 3.05) is 11.8 Å². The van der Waals surface area contributed by atoms with Crippen molar-refractivity contribution < 1.29 is 13.2 Å². The fraction of sp³-hybridized carbons (Fsp3) is 0.350. The molecule has 3 rings (SSSR count). The summed E-state index contributed by atoms with van der Waals surface area (Å²) in [5.74, 6) is -0.154. The van der Waals surface area contributed by atoms with Crippen LogP contribution in [0, 0.1) is 6.92 Å². The maximum atomic E-state index is 12.9. The third-order valence-electron chi connectivity index (χ3n) is 4.93. The van der Waals surface area contributed by atoms with Crippen LogP contribution in [0.1, 0.15) is 41.6 Å². The van der Waals surface area contributed by atoms with Crippen molar-refractivity contribution >= 4 is 21.6 Å². The first-order chi connectivity index (χ1) is 12.4. The van der Waals surface area contributed by atoms with Gasteiger partial charge in [-0.25, -0.2) is 8.42 Å². The first-order valence-corrected chi connectivity index (χ1v) is 10.3. The van der Waals surface area contributed by atoms with Gasteiger partial charge in [0.25, 0.3) is 15.9 Å². The van der Waals surface area contributed by atoms with Crippen LogP contribution >= 0.6 is 0 Å². The summed E-state index contributed by atoms with van der Waals surface area (Å²) in [7, 11) is -1.96. The number of anilines is 1. The van der Waals surface area contributed by atoms with E-state index in [9.17, 15) is 13.2 Å². The Kier molecular flexibility index (Phi) is 5.32. The molecule has 26 heavy (non-hydrogen) atoms. The Morgan fingerprint density at radius 2 is 1.65 bits per heavy atom. The molecule has 1 saturated carbocycles. The predicted molar refractivity (Wildman–Crippen MR) is 103 cm³/mol. The average molecular weight is 372 g/mol. The molecule has 5 nitrogen and oxygen atoms in total. The van der Waals surface area contributed by atoms with Gasteiger partial charge in [0.1, 0.15) is 0 Å². The number of nitrogens with zero attached hydrogens (tertiary/aromatic N) is 1. The predicted octanol–water partition coefficient (Wildman–Crippen LogP) is 3.81. The topological polar surface area (TPSA) is 66.5 Å². The number of amides is 1.